The summed E-state index contributed by atoms with van der Waals surface area (Å²) in [6, 6.07) is 8.87. The van der Waals surface area contributed by atoms with Crippen molar-refractivity contribution in [2.45, 2.75) is 33.7 Å². The fourth-order valence-electron chi connectivity index (χ4n) is 4.30. The summed E-state index contributed by atoms with van der Waals surface area (Å²) in [6.07, 6.45) is 1.90. The summed E-state index contributed by atoms with van der Waals surface area (Å²) in [6.45, 7) is 7.53. The van der Waals surface area contributed by atoms with Gasteiger partial charge in [0.1, 0.15) is 0 Å². The molecule has 4 rings (SSSR count). The molecule has 2 heterocycles. The molecular weight excluding hydrogens is 558 g/mol. The van der Waals surface area contributed by atoms with Crippen LogP contribution >= 0.6 is 27.7 Å². The minimum Gasteiger partial charge on any atom is -0.493 e. The lowest BCUT2D eigenvalue weighted by Gasteiger charge is -2.33. The fraction of sp³-hybridized carbons (Fsp3) is 0.296. The minimum absolute atomic E-state index is 0.191. The number of hydrogen-bond donors (Lipinski definition) is 1. The van der Waals surface area contributed by atoms with E-state index in [0.29, 0.717) is 22.8 Å². The average Bonchev–Trinajstić information content (AvgIpc) is 3.32. The van der Waals surface area contributed by atoms with Crippen molar-refractivity contribution in [1.82, 2.24) is 4.90 Å². The Morgan fingerprint density at radius 3 is 2.54 bits per heavy atom. The summed E-state index contributed by atoms with van der Waals surface area (Å²) in [7, 11) is 1.54. The van der Waals surface area contributed by atoms with Gasteiger partial charge in [-0.15, -0.1) is 0 Å². The third kappa shape index (κ3) is 5.70. The fourth-order valence-corrected chi connectivity index (χ4v) is 5.78. The van der Waals surface area contributed by atoms with Crippen molar-refractivity contribution in [3.63, 3.8) is 0 Å². The maximum absolute atomic E-state index is 12.9. The number of hydrogen-bond acceptors (Lipinski definition) is 8. The number of ether oxygens (including phenoxy) is 3. The Labute approximate surface area is 228 Å². The molecule has 194 valence electrons. The summed E-state index contributed by atoms with van der Waals surface area (Å²) >= 11 is 4.96. The zero-order chi connectivity index (χ0) is 26.7. The summed E-state index contributed by atoms with van der Waals surface area (Å²) in [4.78, 5) is 32.1. The van der Waals surface area contributed by atoms with Crippen molar-refractivity contribution in [2.24, 2.45) is 4.99 Å². The molecule has 1 atom stereocenters. The molecule has 10 heteroatoms. The molecule has 0 fully saturated rings. The first-order valence-corrected chi connectivity index (χ1v) is 13.4. The first-order chi connectivity index (χ1) is 17.7. The van der Waals surface area contributed by atoms with Gasteiger partial charge in [0.05, 0.1) is 31.0 Å². The molecule has 2 aliphatic rings. The zero-order valence-corrected chi connectivity index (χ0v) is 23.7. The number of fused-ring (bicyclic) bond motifs is 1. The number of rotatable bonds is 8. The molecule has 0 saturated heterocycles. The predicted octanol–water partition coefficient (Wildman–Crippen LogP) is 5.86. The molecule has 0 aromatic heterocycles. The third-order valence-electron chi connectivity index (χ3n) is 5.94. The van der Waals surface area contributed by atoms with Gasteiger partial charge in [-0.25, -0.2) is 9.79 Å². The number of carbonyl (C=O) groups excluding carboxylic acids is 2. The van der Waals surface area contributed by atoms with Gasteiger partial charge in [-0.1, -0.05) is 33.8 Å². The van der Waals surface area contributed by atoms with Crippen LogP contribution < -0.4 is 14.8 Å². The molecule has 0 radical (unpaired) electrons. The first kappa shape index (κ1) is 26.8. The summed E-state index contributed by atoms with van der Waals surface area (Å²) in [5.41, 5.74) is 4.55. The molecule has 37 heavy (non-hydrogen) atoms. The van der Waals surface area contributed by atoms with Crippen LogP contribution in [0.15, 0.2) is 62.7 Å². The molecule has 2 aromatic carbocycles. The molecular formula is C27H28BrN3O5S. The lowest BCUT2D eigenvalue weighted by atomic mass is 9.94. The van der Waals surface area contributed by atoms with E-state index in [-0.39, 0.29) is 19.1 Å². The van der Waals surface area contributed by atoms with Crippen LogP contribution in [0.25, 0.3) is 0 Å². The van der Waals surface area contributed by atoms with Crippen LogP contribution in [0.2, 0.25) is 0 Å². The molecule has 1 amide bonds. The SMILES string of the molecule is CCOC(=O)C1=C(C)N=C2SC=CN2[C@H]1c1ccc(OCC(=O)Nc2c(C)cc(Br)cc2C)c(OC)c1. The highest BCUT2D eigenvalue weighted by molar-refractivity contribution is 9.10. The summed E-state index contributed by atoms with van der Waals surface area (Å²) in [5, 5.41) is 5.63. The number of carbonyl (C=O) groups is 2. The van der Waals surface area contributed by atoms with E-state index in [0.717, 1.165) is 32.0 Å². The van der Waals surface area contributed by atoms with Crippen molar-refractivity contribution < 1.29 is 23.8 Å². The monoisotopic (exact) mass is 585 g/mol. The number of aliphatic imine (C=N–C) groups is 1. The Hall–Kier alpha value is -3.24. The average molecular weight is 587 g/mol. The molecule has 0 saturated carbocycles. The molecule has 2 aliphatic heterocycles. The third-order valence-corrected chi connectivity index (χ3v) is 7.17. The van der Waals surface area contributed by atoms with Gasteiger partial charge in [0.2, 0.25) is 0 Å². The number of nitrogens with one attached hydrogen (secondary N) is 1. The van der Waals surface area contributed by atoms with Crippen LogP contribution in [0.4, 0.5) is 5.69 Å². The molecule has 0 aliphatic carbocycles. The number of benzene rings is 2. The quantitative estimate of drug-likeness (QED) is 0.388. The van der Waals surface area contributed by atoms with Crippen molar-refractivity contribution in [1.29, 1.82) is 0 Å². The van der Waals surface area contributed by atoms with E-state index in [9.17, 15) is 9.59 Å². The zero-order valence-electron chi connectivity index (χ0n) is 21.3. The van der Waals surface area contributed by atoms with E-state index >= 15 is 0 Å². The number of methoxy groups -OCH3 is 1. The van der Waals surface area contributed by atoms with Crippen molar-refractivity contribution in [3.05, 3.63) is 74.4 Å². The number of halogens is 1. The van der Waals surface area contributed by atoms with Gasteiger partial charge in [-0.3, -0.25) is 4.79 Å². The van der Waals surface area contributed by atoms with Gasteiger partial charge in [0.15, 0.2) is 23.3 Å². The first-order valence-electron chi connectivity index (χ1n) is 11.7. The van der Waals surface area contributed by atoms with E-state index in [2.05, 4.69) is 26.2 Å². The summed E-state index contributed by atoms with van der Waals surface area (Å²) in [5.74, 6) is 0.171. The number of aryl methyl sites for hydroxylation is 2. The maximum atomic E-state index is 12.9. The molecule has 8 nitrogen and oxygen atoms in total. The molecule has 0 bridgehead atoms. The van der Waals surface area contributed by atoms with Crippen LogP contribution in [0, 0.1) is 13.8 Å². The van der Waals surface area contributed by atoms with Gasteiger partial charge < -0.3 is 24.4 Å². The number of anilines is 1. The van der Waals surface area contributed by atoms with Gasteiger partial charge in [-0.05, 0) is 74.1 Å². The Balaban J connectivity index is 1.56. The Morgan fingerprint density at radius 1 is 1.14 bits per heavy atom. The second-order valence-corrected chi connectivity index (χ2v) is 10.3. The molecule has 0 unspecified atom stereocenters. The number of esters is 1. The molecule has 2 aromatic rings. The van der Waals surface area contributed by atoms with E-state index in [1.165, 1.54) is 18.9 Å². The van der Waals surface area contributed by atoms with Crippen LogP contribution in [0.3, 0.4) is 0 Å². The van der Waals surface area contributed by atoms with E-state index in [4.69, 9.17) is 14.2 Å². The van der Waals surface area contributed by atoms with E-state index in [1.807, 2.05) is 61.5 Å². The highest BCUT2D eigenvalue weighted by Crippen LogP contribution is 2.43. The van der Waals surface area contributed by atoms with E-state index < -0.39 is 12.0 Å². The van der Waals surface area contributed by atoms with Crippen LogP contribution in [0.5, 0.6) is 11.5 Å². The number of amides is 1. The smallest absolute Gasteiger partial charge is 0.338 e. The Bertz CT molecular complexity index is 1310. The van der Waals surface area contributed by atoms with Crippen LogP contribution in [-0.4, -0.2) is 42.3 Å². The summed E-state index contributed by atoms with van der Waals surface area (Å²) < 4.78 is 17.7. The van der Waals surface area contributed by atoms with Crippen molar-refractivity contribution in [3.8, 4) is 11.5 Å². The Kier molecular flexibility index (Phi) is 8.29. The lowest BCUT2D eigenvalue weighted by molar-refractivity contribution is -0.139. The van der Waals surface area contributed by atoms with Crippen molar-refractivity contribution in [2.75, 3.05) is 25.6 Å². The molecule has 0 spiro atoms. The van der Waals surface area contributed by atoms with Gasteiger partial charge in [0, 0.05) is 16.4 Å². The topological polar surface area (TPSA) is 89.5 Å². The van der Waals surface area contributed by atoms with Gasteiger partial charge >= 0.3 is 5.97 Å². The normalized spacial score (nSPS) is 16.3. The van der Waals surface area contributed by atoms with Crippen molar-refractivity contribution >= 4 is 50.4 Å². The largest absolute Gasteiger partial charge is 0.493 e. The number of thioether (sulfide) groups is 1. The number of allylic oxidation sites excluding steroid dienone is 1. The minimum atomic E-state index is -0.438. The van der Waals surface area contributed by atoms with E-state index in [1.54, 1.807) is 13.0 Å². The lowest BCUT2D eigenvalue weighted by Crippen LogP contribution is -2.34. The number of amidine groups is 1. The van der Waals surface area contributed by atoms with Gasteiger partial charge in [-0.2, -0.15) is 0 Å². The second kappa shape index (κ2) is 11.4. The predicted molar refractivity (Wildman–Crippen MR) is 149 cm³/mol. The maximum Gasteiger partial charge on any atom is 0.338 e. The second-order valence-electron chi connectivity index (χ2n) is 8.49. The standard InChI is InChI=1S/C27H28BrN3O5S/c1-6-35-26(33)23-17(4)29-27-31(9-10-37-27)25(23)18-7-8-20(21(13-18)34-5)36-14-22(32)30-24-15(2)11-19(28)12-16(24)3/h7-13,25H,6,14H2,1-5H3,(H,30,32)/t25-/m0/s1. The molecule has 1 N–H and O–H groups in total. The highest BCUT2D eigenvalue weighted by Gasteiger charge is 2.37. The Morgan fingerprint density at radius 2 is 1.86 bits per heavy atom. The van der Waals surface area contributed by atoms with Crippen LogP contribution in [-0.2, 0) is 14.3 Å². The highest BCUT2D eigenvalue weighted by atomic mass is 79.9. The number of nitrogens with zero attached hydrogens (tertiary/aromatic N) is 2. The van der Waals surface area contributed by atoms with Gasteiger partial charge in [0.25, 0.3) is 5.91 Å². The van der Waals surface area contributed by atoms with Crippen LogP contribution in [0.1, 0.15) is 36.6 Å².